The predicted octanol–water partition coefficient (Wildman–Crippen LogP) is 1.30. The number of methoxy groups -OCH3 is 1. The fourth-order valence-corrected chi connectivity index (χ4v) is 2.55. The van der Waals surface area contributed by atoms with E-state index in [0.717, 1.165) is 25.4 Å². The maximum absolute atomic E-state index is 5.83. The van der Waals surface area contributed by atoms with Crippen molar-refractivity contribution in [3.05, 3.63) is 29.8 Å². The first-order valence-corrected chi connectivity index (χ1v) is 5.77. The van der Waals surface area contributed by atoms with Crippen molar-refractivity contribution >= 4 is 0 Å². The van der Waals surface area contributed by atoms with E-state index >= 15 is 0 Å². The lowest BCUT2D eigenvalue weighted by Gasteiger charge is -2.17. The Bertz CT molecular complexity index is 336. The molecule has 2 atom stereocenters. The van der Waals surface area contributed by atoms with Gasteiger partial charge in [-0.15, -0.1) is 0 Å². The highest BCUT2D eigenvalue weighted by molar-refractivity contribution is 5.30. The number of hydrogen-bond acceptors (Lipinski definition) is 3. The molecule has 88 valence electrons. The number of likely N-dealkylation sites (N-methyl/N-ethyl adjacent to an activating group) is 1. The molecule has 2 rings (SSSR count). The lowest BCUT2D eigenvalue weighted by atomic mass is 9.89. The highest BCUT2D eigenvalue weighted by Crippen LogP contribution is 2.31. The fraction of sp³-hybridized carbons (Fsp3) is 0.538. The van der Waals surface area contributed by atoms with Gasteiger partial charge in [-0.05, 0) is 37.2 Å². The summed E-state index contributed by atoms with van der Waals surface area (Å²) >= 11 is 0. The molecule has 0 saturated carbocycles. The van der Waals surface area contributed by atoms with Crippen LogP contribution in [0, 0.1) is 5.92 Å². The van der Waals surface area contributed by atoms with E-state index in [1.54, 1.807) is 7.11 Å². The van der Waals surface area contributed by atoms with Crippen LogP contribution in [0.3, 0.4) is 0 Å². The van der Waals surface area contributed by atoms with Crippen LogP contribution in [-0.2, 0) is 0 Å². The zero-order chi connectivity index (χ0) is 11.5. The molecule has 1 aliphatic heterocycles. The molecule has 2 N–H and O–H groups in total. The molecule has 0 spiro atoms. The first-order valence-electron chi connectivity index (χ1n) is 5.77. The Hall–Kier alpha value is -1.06. The predicted molar refractivity (Wildman–Crippen MR) is 65.8 cm³/mol. The van der Waals surface area contributed by atoms with Crippen LogP contribution in [-0.4, -0.2) is 38.7 Å². The highest BCUT2D eigenvalue weighted by Gasteiger charge is 2.30. The van der Waals surface area contributed by atoms with E-state index in [2.05, 4.69) is 24.1 Å². The Morgan fingerprint density at radius 2 is 2.00 bits per heavy atom. The summed E-state index contributed by atoms with van der Waals surface area (Å²) in [7, 11) is 3.85. The SMILES string of the molecule is COc1ccc([C@@H]2CN(C)C[C@H]2CN)cc1. The monoisotopic (exact) mass is 220 g/mol. The van der Waals surface area contributed by atoms with Crippen molar-refractivity contribution < 1.29 is 4.74 Å². The Balaban J connectivity index is 2.16. The molecule has 0 radical (unpaired) electrons. The Labute approximate surface area is 97.2 Å². The smallest absolute Gasteiger partial charge is 0.118 e. The standard InChI is InChI=1S/C13H20N2O/c1-15-8-11(7-14)13(9-15)10-3-5-12(16-2)6-4-10/h3-6,11,13H,7-9,14H2,1-2H3/t11-,13+/m1/s1. The fourth-order valence-electron chi connectivity index (χ4n) is 2.55. The van der Waals surface area contributed by atoms with Crippen LogP contribution < -0.4 is 10.5 Å². The Kier molecular flexibility index (Phi) is 3.46. The van der Waals surface area contributed by atoms with Crippen molar-refractivity contribution in [3.8, 4) is 5.75 Å². The average molecular weight is 220 g/mol. The molecule has 0 bridgehead atoms. The van der Waals surface area contributed by atoms with E-state index < -0.39 is 0 Å². The van der Waals surface area contributed by atoms with E-state index in [0.29, 0.717) is 11.8 Å². The second kappa shape index (κ2) is 4.85. The highest BCUT2D eigenvalue weighted by atomic mass is 16.5. The molecule has 0 aromatic heterocycles. The maximum atomic E-state index is 5.83. The van der Waals surface area contributed by atoms with Gasteiger partial charge in [0.1, 0.15) is 5.75 Å². The van der Waals surface area contributed by atoms with Crippen LogP contribution in [0.5, 0.6) is 5.75 Å². The molecular weight excluding hydrogens is 200 g/mol. The molecule has 0 amide bonds. The van der Waals surface area contributed by atoms with Crippen molar-refractivity contribution in [2.75, 3.05) is 33.8 Å². The molecule has 1 aliphatic rings. The molecule has 1 aromatic rings. The second-order valence-electron chi connectivity index (χ2n) is 4.60. The van der Waals surface area contributed by atoms with E-state index in [9.17, 15) is 0 Å². The van der Waals surface area contributed by atoms with Gasteiger partial charge in [0, 0.05) is 19.0 Å². The van der Waals surface area contributed by atoms with Gasteiger partial charge in [0.25, 0.3) is 0 Å². The van der Waals surface area contributed by atoms with Gasteiger partial charge in [-0.1, -0.05) is 12.1 Å². The molecule has 1 heterocycles. The quantitative estimate of drug-likeness (QED) is 0.834. The van der Waals surface area contributed by atoms with Gasteiger partial charge in [-0.2, -0.15) is 0 Å². The number of rotatable bonds is 3. The third-order valence-corrected chi connectivity index (χ3v) is 3.47. The normalized spacial score (nSPS) is 25.9. The number of benzene rings is 1. The van der Waals surface area contributed by atoms with Gasteiger partial charge in [-0.3, -0.25) is 0 Å². The zero-order valence-corrected chi connectivity index (χ0v) is 10.0. The van der Waals surface area contributed by atoms with Crippen LogP contribution in [0.15, 0.2) is 24.3 Å². The summed E-state index contributed by atoms with van der Waals surface area (Å²) in [5.41, 5.74) is 7.20. The van der Waals surface area contributed by atoms with Gasteiger partial charge in [0.15, 0.2) is 0 Å². The lowest BCUT2D eigenvalue weighted by Crippen LogP contribution is -2.21. The molecule has 16 heavy (non-hydrogen) atoms. The third kappa shape index (κ3) is 2.20. The molecule has 1 aromatic carbocycles. The lowest BCUT2D eigenvalue weighted by molar-refractivity contribution is 0.397. The molecule has 3 nitrogen and oxygen atoms in total. The van der Waals surface area contributed by atoms with Gasteiger partial charge < -0.3 is 15.4 Å². The van der Waals surface area contributed by atoms with E-state index in [1.807, 2.05) is 12.1 Å². The van der Waals surface area contributed by atoms with Crippen molar-refractivity contribution in [1.29, 1.82) is 0 Å². The molecule has 0 unspecified atom stereocenters. The summed E-state index contributed by atoms with van der Waals surface area (Å²) in [5, 5.41) is 0. The van der Waals surface area contributed by atoms with Gasteiger partial charge in [0.2, 0.25) is 0 Å². The largest absolute Gasteiger partial charge is 0.497 e. The van der Waals surface area contributed by atoms with Gasteiger partial charge in [0.05, 0.1) is 7.11 Å². The van der Waals surface area contributed by atoms with E-state index in [-0.39, 0.29) is 0 Å². The van der Waals surface area contributed by atoms with Crippen molar-refractivity contribution in [2.24, 2.45) is 11.7 Å². The van der Waals surface area contributed by atoms with Crippen molar-refractivity contribution in [3.63, 3.8) is 0 Å². The number of nitrogens with zero attached hydrogens (tertiary/aromatic N) is 1. The summed E-state index contributed by atoms with van der Waals surface area (Å²) < 4.78 is 5.17. The van der Waals surface area contributed by atoms with Gasteiger partial charge in [-0.25, -0.2) is 0 Å². The minimum atomic E-state index is 0.570. The summed E-state index contributed by atoms with van der Waals surface area (Å²) in [6.45, 7) is 2.97. The van der Waals surface area contributed by atoms with E-state index in [1.165, 1.54) is 5.56 Å². The van der Waals surface area contributed by atoms with Gasteiger partial charge >= 0.3 is 0 Å². The number of ether oxygens (including phenoxy) is 1. The maximum Gasteiger partial charge on any atom is 0.118 e. The Morgan fingerprint density at radius 3 is 2.56 bits per heavy atom. The zero-order valence-electron chi connectivity index (χ0n) is 10.0. The van der Waals surface area contributed by atoms with Crippen LogP contribution in [0.25, 0.3) is 0 Å². The minimum Gasteiger partial charge on any atom is -0.497 e. The van der Waals surface area contributed by atoms with Crippen molar-refractivity contribution in [1.82, 2.24) is 4.90 Å². The van der Waals surface area contributed by atoms with Crippen LogP contribution in [0.2, 0.25) is 0 Å². The summed E-state index contributed by atoms with van der Waals surface area (Å²) in [6.07, 6.45) is 0. The summed E-state index contributed by atoms with van der Waals surface area (Å²) in [6, 6.07) is 8.37. The molecule has 3 heteroatoms. The minimum absolute atomic E-state index is 0.570. The number of hydrogen-bond donors (Lipinski definition) is 1. The third-order valence-electron chi connectivity index (χ3n) is 3.47. The summed E-state index contributed by atoms with van der Waals surface area (Å²) in [4.78, 5) is 2.35. The van der Waals surface area contributed by atoms with Crippen LogP contribution in [0.1, 0.15) is 11.5 Å². The topological polar surface area (TPSA) is 38.5 Å². The first kappa shape index (κ1) is 11.4. The summed E-state index contributed by atoms with van der Waals surface area (Å²) in [5.74, 6) is 2.07. The van der Waals surface area contributed by atoms with Crippen LogP contribution >= 0.6 is 0 Å². The first-order chi connectivity index (χ1) is 7.74. The van der Waals surface area contributed by atoms with E-state index in [4.69, 9.17) is 10.5 Å². The Morgan fingerprint density at radius 1 is 1.31 bits per heavy atom. The van der Waals surface area contributed by atoms with Crippen LogP contribution in [0.4, 0.5) is 0 Å². The molecule has 1 fully saturated rings. The second-order valence-corrected chi connectivity index (χ2v) is 4.60. The number of likely N-dealkylation sites (tertiary alicyclic amines) is 1. The molecule has 1 saturated heterocycles. The van der Waals surface area contributed by atoms with Crippen molar-refractivity contribution in [2.45, 2.75) is 5.92 Å². The number of nitrogens with two attached hydrogens (primary N) is 1. The molecular formula is C13H20N2O. The molecule has 0 aliphatic carbocycles. The average Bonchev–Trinajstić information content (AvgIpc) is 2.70.